The zero-order chi connectivity index (χ0) is 13.9. The van der Waals surface area contributed by atoms with Crippen LogP contribution >= 0.6 is 0 Å². The standard InChI is InChI=1S/C16H13FN2O/c17-12-7-11(10-18)8-13(9-12)20-16-5-1-4-15-14(16)3-2-6-19-15/h1-9H,10,18H2. The molecule has 100 valence electrons. The Hall–Kier alpha value is -2.46. The molecule has 0 spiro atoms. The lowest BCUT2D eigenvalue weighted by molar-refractivity contribution is 0.481. The number of hydrogen-bond acceptors (Lipinski definition) is 3. The van der Waals surface area contributed by atoms with E-state index >= 15 is 0 Å². The maximum absolute atomic E-state index is 13.5. The molecule has 3 nitrogen and oxygen atoms in total. The fourth-order valence-corrected chi connectivity index (χ4v) is 2.09. The lowest BCUT2D eigenvalue weighted by Gasteiger charge is -2.09. The number of nitrogens with zero attached hydrogens (tertiary/aromatic N) is 1. The van der Waals surface area contributed by atoms with Crippen molar-refractivity contribution in [2.75, 3.05) is 0 Å². The Morgan fingerprint density at radius 1 is 1.10 bits per heavy atom. The normalized spacial score (nSPS) is 10.7. The van der Waals surface area contributed by atoms with Crippen LogP contribution in [-0.4, -0.2) is 4.98 Å². The number of hydrogen-bond donors (Lipinski definition) is 1. The number of rotatable bonds is 3. The Morgan fingerprint density at radius 2 is 2.00 bits per heavy atom. The summed E-state index contributed by atoms with van der Waals surface area (Å²) in [5, 5.41) is 0.883. The number of pyridine rings is 1. The lowest BCUT2D eigenvalue weighted by Crippen LogP contribution is -1.97. The maximum Gasteiger partial charge on any atom is 0.136 e. The summed E-state index contributed by atoms with van der Waals surface area (Å²) in [5.74, 6) is 0.715. The number of ether oxygens (including phenoxy) is 1. The van der Waals surface area contributed by atoms with Gasteiger partial charge in [-0.1, -0.05) is 6.07 Å². The van der Waals surface area contributed by atoms with E-state index in [0.717, 1.165) is 10.9 Å². The van der Waals surface area contributed by atoms with Gasteiger partial charge in [-0.2, -0.15) is 0 Å². The SMILES string of the molecule is NCc1cc(F)cc(Oc2cccc3ncccc23)c1. The van der Waals surface area contributed by atoms with Crippen molar-refractivity contribution in [3.63, 3.8) is 0 Å². The molecule has 3 rings (SSSR count). The monoisotopic (exact) mass is 268 g/mol. The van der Waals surface area contributed by atoms with Gasteiger partial charge < -0.3 is 10.5 Å². The summed E-state index contributed by atoms with van der Waals surface area (Å²) in [6.45, 7) is 0.269. The summed E-state index contributed by atoms with van der Waals surface area (Å²) >= 11 is 0. The first-order valence-electron chi connectivity index (χ1n) is 6.27. The highest BCUT2D eigenvalue weighted by Gasteiger charge is 2.06. The third-order valence-electron chi connectivity index (χ3n) is 3.00. The minimum absolute atomic E-state index is 0.269. The van der Waals surface area contributed by atoms with Gasteiger partial charge in [-0.3, -0.25) is 4.98 Å². The van der Waals surface area contributed by atoms with E-state index < -0.39 is 0 Å². The van der Waals surface area contributed by atoms with Crippen molar-refractivity contribution in [1.82, 2.24) is 4.98 Å². The average molecular weight is 268 g/mol. The Morgan fingerprint density at radius 3 is 2.85 bits per heavy atom. The van der Waals surface area contributed by atoms with Gasteiger partial charge >= 0.3 is 0 Å². The van der Waals surface area contributed by atoms with E-state index in [9.17, 15) is 4.39 Å². The minimum Gasteiger partial charge on any atom is -0.457 e. The molecular formula is C16H13FN2O. The molecule has 2 aromatic carbocycles. The molecular weight excluding hydrogens is 255 g/mol. The molecule has 4 heteroatoms. The molecule has 0 aliphatic carbocycles. The molecule has 0 fully saturated rings. The van der Waals surface area contributed by atoms with E-state index in [1.165, 1.54) is 12.1 Å². The second-order valence-electron chi connectivity index (χ2n) is 4.43. The summed E-state index contributed by atoms with van der Waals surface area (Å²) < 4.78 is 19.3. The zero-order valence-electron chi connectivity index (χ0n) is 10.7. The molecule has 0 unspecified atom stereocenters. The first kappa shape index (κ1) is 12.6. The van der Waals surface area contributed by atoms with Crippen LogP contribution in [0.2, 0.25) is 0 Å². The van der Waals surface area contributed by atoms with E-state index in [4.69, 9.17) is 10.5 Å². The Bertz CT molecular complexity index is 753. The van der Waals surface area contributed by atoms with Crippen LogP contribution in [0.1, 0.15) is 5.56 Å². The van der Waals surface area contributed by atoms with Gasteiger partial charge in [0, 0.05) is 24.2 Å². The van der Waals surface area contributed by atoms with Gasteiger partial charge in [0.15, 0.2) is 0 Å². The molecule has 20 heavy (non-hydrogen) atoms. The molecule has 1 aromatic heterocycles. The predicted molar refractivity (Wildman–Crippen MR) is 76.1 cm³/mol. The van der Waals surface area contributed by atoms with E-state index in [1.54, 1.807) is 12.3 Å². The fraction of sp³-hybridized carbons (Fsp3) is 0.0625. The summed E-state index contributed by atoms with van der Waals surface area (Å²) in [5.41, 5.74) is 7.07. The molecule has 0 saturated heterocycles. The van der Waals surface area contributed by atoms with Crippen molar-refractivity contribution < 1.29 is 9.13 Å². The first-order valence-corrected chi connectivity index (χ1v) is 6.27. The summed E-state index contributed by atoms with van der Waals surface area (Å²) in [6.07, 6.45) is 1.72. The van der Waals surface area contributed by atoms with Crippen molar-refractivity contribution in [3.8, 4) is 11.5 Å². The number of halogens is 1. The highest BCUT2D eigenvalue weighted by molar-refractivity contribution is 5.85. The van der Waals surface area contributed by atoms with E-state index in [2.05, 4.69) is 4.98 Å². The molecule has 0 aliphatic heterocycles. The maximum atomic E-state index is 13.5. The van der Waals surface area contributed by atoms with Crippen LogP contribution in [-0.2, 0) is 6.54 Å². The van der Waals surface area contributed by atoms with Crippen molar-refractivity contribution in [3.05, 3.63) is 66.1 Å². The van der Waals surface area contributed by atoms with Crippen molar-refractivity contribution in [2.45, 2.75) is 6.54 Å². The molecule has 1 heterocycles. The molecule has 0 radical (unpaired) electrons. The van der Waals surface area contributed by atoms with E-state index in [-0.39, 0.29) is 12.4 Å². The van der Waals surface area contributed by atoms with Crippen molar-refractivity contribution in [2.24, 2.45) is 5.73 Å². The van der Waals surface area contributed by atoms with Gasteiger partial charge in [-0.05, 0) is 42.0 Å². The average Bonchev–Trinajstić information content (AvgIpc) is 2.47. The largest absolute Gasteiger partial charge is 0.457 e. The molecule has 0 bridgehead atoms. The molecule has 3 aromatic rings. The van der Waals surface area contributed by atoms with Crippen molar-refractivity contribution >= 4 is 10.9 Å². The molecule has 0 amide bonds. The molecule has 0 saturated carbocycles. The highest BCUT2D eigenvalue weighted by atomic mass is 19.1. The quantitative estimate of drug-likeness (QED) is 0.789. The second kappa shape index (κ2) is 5.27. The van der Waals surface area contributed by atoms with Crippen LogP contribution in [0.15, 0.2) is 54.7 Å². The van der Waals surface area contributed by atoms with Gasteiger partial charge in [0.25, 0.3) is 0 Å². The predicted octanol–water partition coefficient (Wildman–Crippen LogP) is 3.62. The fourth-order valence-electron chi connectivity index (χ4n) is 2.09. The van der Waals surface area contributed by atoms with Gasteiger partial charge in [0.1, 0.15) is 17.3 Å². The third kappa shape index (κ3) is 2.46. The van der Waals surface area contributed by atoms with E-state index in [0.29, 0.717) is 17.1 Å². The molecule has 0 aliphatic rings. The van der Waals surface area contributed by atoms with Crippen LogP contribution in [0, 0.1) is 5.82 Å². The van der Waals surface area contributed by atoms with Crippen molar-refractivity contribution in [1.29, 1.82) is 0 Å². The molecule has 0 atom stereocenters. The van der Waals surface area contributed by atoms with Crippen LogP contribution in [0.3, 0.4) is 0 Å². The summed E-state index contributed by atoms with van der Waals surface area (Å²) in [6, 6.07) is 13.8. The Balaban J connectivity index is 2.03. The highest BCUT2D eigenvalue weighted by Crippen LogP contribution is 2.29. The Labute approximate surface area is 115 Å². The summed E-state index contributed by atoms with van der Waals surface area (Å²) in [7, 11) is 0. The third-order valence-corrected chi connectivity index (χ3v) is 3.00. The number of nitrogens with two attached hydrogens (primary N) is 1. The van der Waals surface area contributed by atoms with Gasteiger partial charge in [-0.15, -0.1) is 0 Å². The lowest BCUT2D eigenvalue weighted by atomic mass is 10.2. The topological polar surface area (TPSA) is 48.1 Å². The van der Waals surface area contributed by atoms with Gasteiger partial charge in [-0.25, -0.2) is 4.39 Å². The summed E-state index contributed by atoms with van der Waals surface area (Å²) in [4.78, 5) is 4.26. The van der Waals surface area contributed by atoms with Crippen LogP contribution in [0.5, 0.6) is 11.5 Å². The van der Waals surface area contributed by atoms with Crippen LogP contribution < -0.4 is 10.5 Å². The van der Waals surface area contributed by atoms with Gasteiger partial charge in [0.2, 0.25) is 0 Å². The molecule has 2 N–H and O–H groups in total. The first-order chi connectivity index (χ1) is 9.76. The Kier molecular flexibility index (Phi) is 3.31. The van der Waals surface area contributed by atoms with Crippen LogP contribution in [0.25, 0.3) is 10.9 Å². The zero-order valence-corrected chi connectivity index (χ0v) is 10.7. The number of benzene rings is 2. The van der Waals surface area contributed by atoms with E-state index in [1.807, 2.05) is 30.3 Å². The number of aromatic nitrogens is 1. The minimum atomic E-state index is -0.360. The van der Waals surface area contributed by atoms with Gasteiger partial charge in [0.05, 0.1) is 5.52 Å². The second-order valence-corrected chi connectivity index (χ2v) is 4.43. The smallest absolute Gasteiger partial charge is 0.136 e. The number of fused-ring (bicyclic) bond motifs is 1. The van der Waals surface area contributed by atoms with Crippen LogP contribution in [0.4, 0.5) is 4.39 Å².